The number of hydrogen-bond acceptors (Lipinski definition) is 0. The number of aryl methyl sites for hydroxylation is 1. The Morgan fingerprint density at radius 1 is 1.31 bits per heavy atom. The van der Waals surface area contributed by atoms with Crippen LogP contribution in [0.1, 0.15) is 11.1 Å². The predicted molar refractivity (Wildman–Crippen MR) is 53.9 cm³/mol. The van der Waals surface area contributed by atoms with Gasteiger partial charge in [0.2, 0.25) is 0 Å². The van der Waals surface area contributed by atoms with Gasteiger partial charge in [0.15, 0.2) is 0 Å². The molecule has 0 aliphatic rings. The van der Waals surface area contributed by atoms with Crippen LogP contribution in [-0.2, 0) is 6.18 Å². The fourth-order valence-corrected chi connectivity index (χ4v) is 2.58. The normalized spacial score (nSPS) is 11.8. The van der Waals surface area contributed by atoms with Crippen LogP contribution in [0.4, 0.5) is 13.2 Å². The number of alkyl halides is 3. The van der Waals surface area contributed by atoms with Gasteiger partial charge in [0.05, 0.1) is 5.56 Å². The van der Waals surface area contributed by atoms with Gasteiger partial charge in [0.25, 0.3) is 0 Å². The van der Waals surface area contributed by atoms with Gasteiger partial charge in [0.1, 0.15) is 0 Å². The van der Waals surface area contributed by atoms with E-state index in [1.807, 2.05) is 0 Å². The lowest BCUT2D eigenvalue weighted by Gasteiger charge is -2.12. The summed E-state index contributed by atoms with van der Waals surface area (Å²) < 4.78 is 37.3. The zero-order valence-corrected chi connectivity index (χ0v) is 9.46. The monoisotopic (exact) mass is 320 g/mol. The summed E-state index contributed by atoms with van der Waals surface area (Å²) in [6.45, 7) is 1.40. The summed E-state index contributed by atoms with van der Waals surface area (Å²) in [6.07, 6.45) is -4.30. The molecule has 0 heterocycles. The smallest absolute Gasteiger partial charge is 0.166 e. The van der Waals surface area contributed by atoms with E-state index in [9.17, 15) is 13.2 Å². The Labute approximate surface area is 92.2 Å². The van der Waals surface area contributed by atoms with E-state index in [0.29, 0.717) is 5.02 Å². The molecule has 0 aliphatic carbocycles. The van der Waals surface area contributed by atoms with Crippen LogP contribution in [0.15, 0.2) is 12.1 Å². The molecular formula is C8H5ClF3I. The minimum atomic E-state index is -4.30. The molecule has 0 N–H and O–H groups in total. The van der Waals surface area contributed by atoms with E-state index in [0.717, 1.165) is 0 Å². The second kappa shape index (κ2) is 3.65. The zero-order chi connectivity index (χ0) is 10.2. The van der Waals surface area contributed by atoms with Gasteiger partial charge in [-0.15, -0.1) is 0 Å². The van der Waals surface area contributed by atoms with Crippen molar-refractivity contribution in [2.45, 2.75) is 13.1 Å². The molecule has 1 aromatic carbocycles. The molecule has 0 saturated carbocycles. The van der Waals surface area contributed by atoms with Crippen molar-refractivity contribution in [3.05, 3.63) is 31.9 Å². The van der Waals surface area contributed by atoms with Crippen molar-refractivity contribution in [1.82, 2.24) is 0 Å². The van der Waals surface area contributed by atoms with Gasteiger partial charge in [-0.05, 0) is 47.2 Å². The maximum absolute atomic E-state index is 12.4. The summed E-state index contributed by atoms with van der Waals surface area (Å²) >= 11 is 7.23. The lowest BCUT2D eigenvalue weighted by Crippen LogP contribution is -2.09. The van der Waals surface area contributed by atoms with Crippen LogP contribution in [0.5, 0.6) is 0 Å². The van der Waals surface area contributed by atoms with Crippen molar-refractivity contribution in [2.75, 3.05) is 0 Å². The van der Waals surface area contributed by atoms with Gasteiger partial charge in [-0.3, -0.25) is 0 Å². The summed E-state index contributed by atoms with van der Waals surface area (Å²) in [5.74, 6) is 0. The van der Waals surface area contributed by atoms with E-state index >= 15 is 0 Å². The molecule has 0 atom stereocenters. The summed E-state index contributed by atoms with van der Waals surface area (Å²) in [6, 6.07) is 2.62. The highest BCUT2D eigenvalue weighted by atomic mass is 127. The van der Waals surface area contributed by atoms with Gasteiger partial charge in [-0.1, -0.05) is 11.6 Å². The molecule has 1 aromatic rings. The minimum Gasteiger partial charge on any atom is -0.166 e. The standard InChI is InChI=1S/C8H5ClF3I/c1-4-2-5(9)3-6(13)7(4)8(10,11)12/h2-3H,1H3. The van der Waals surface area contributed by atoms with Gasteiger partial charge in [-0.2, -0.15) is 13.2 Å². The fourth-order valence-electron chi connectivity index (χ4n) is 1.06. The molecule has 0 spiro atoms. The van der Waals surface area contributed by atoms with Gasteiger partial charge < -0.3 is 0 Å². The fraction of sp³-hybridized carbons (Fsp3) is 0.250. The van der Waals surface area contributed by atoms with Crippen LogP contribution < -0.4 is 0 Å². The molecule has 0 bridgehead atoms. The van der Waals surface area contributed by atoms with Crippen LogP contribution in [-0.4, -0.2) is 0 Å². The van der Waals surface area contributed by atoms with Crippen molar-refractivity contribution >= 4 is 34.2 Å². The third-order valence-corrected chi connectivity index (χ3v) is 2.60. The average molecular weight is 320 g/mol. The van der Waals surface area contributed by atoms with E-state index in [1.54, 1.807) is 22.6 Å². The highest BCUT2D eigenvalue weighted by Gasteiger charge is 2.34. The van der Waals surface area contributed by atoms with Crippen LogP contribution >= 0.6 is 34.2 Å². The largest absolute Gasteiger partial charge is 0.417 e. The zero-order valence-electron chi connectivity index (χ0n) is 6.54. The van der Waals surface area contributed by atoms with Crippen LogP contribution in [0.2, 0.25) is 5.02 Å². The first kappa shape index (κ1) is 11.1. The number of hydrogen-bond donors (Lipinski definition) is 0. The highest BCUT2D eigenvalue weighted by molar-refractivity contribution is 14.1. The molecule has 0 aliphatic heterocycles. The Kier molecular flexibility index (Phi) is 3.12. The quantitative estimate of drug-likeness (QED) is 0.626. The molecule has 0 nitrogen and oxygen atoms in total. The number of benzene rings is 1. The van der Waals surface area contributed by atoms with E-state index in [-0.39, 0.29) is 9.13 Å². The Morgan fingerprint density at radius 2 is 1.85 bits per heavy atom. The second-order valence-electron chi connectivity index (χ2n) is 2.58. The third-order valence-electron chi connectivity index (χ3n) is 1.54. The molecule has 0 saturated heterocycles. The van der Waals surface area contributed by atoms with E-state index in [1.165, 1.54) is 19.1 Å². The van der Waals surface area contributed by atoms with Gasteiger partial charge >= 0.3 is 6.18 Å². The Morgan fingerprint density at radius 3 is 2.23 bits per heavy atom. The molecular weight excluding hydrogens is 315 g/mol. The lowest BCUT2D eigenvalue weighted by atomic mass is 10.1. The minimum absolute atomic E-state index is 0.134. The van der Waals surface area contributed by atoms with Crippen molar-refractivity contribution < 1.29 is 13.2 Å². The SMILES string of the molecule is Cc1cc(Cl)cc(I)c1C(F)(F)F. The molecule has 0 radical (unpaired) electrons. The van der Waals surface area contributed by atoms with Crippen LogP contribution in [0, 0.1) is 10.5 Å². The summed E-state index contributed by atoms with van der Waals surface area (Å²) in [5, 5.41) is 0.329. The lowest BCUT2D eigenvalue weighted by molar-refractivity contribution is -0.138. The Bertz CT molecular complexity index is 310. The molecule has 13 heavy (non-hydrogen) atoms. The first-order valence-electron chi connectivity index (χ1n) is 3.35. The first-order chi connectivity index (χ1) is 5.82. The Balaban J connectivity index is 3.38. The molecule has 1 rings (SSSR count). The highest BCUT2D eigenvalue weighted by Crippen LogP contribution is 2.36. The van der Waals surface area contributed by atoms with Crippen molar-refractivity contribution in [3.8, 4) is 0 Å². The first-order valence-corrected chi connectivity index (χ1v) is 4.81. The van der Waals surface area contributed by atoms with E-state index < -0.39 is 11.7 Å². The summed E-state index contributed by atoms with van der Waals surface area (Å²) in [4.78, 5) is 0. The Hall–Kier alpha value is 0.0300. The second-order valence-corrected chi connectivity index (χ2v) is 4.18. The maximum Gasteiger partial charge on any atom is 0.417 e. The van der Waals surface area contributed by atoms with Crippen molar-refractivity contribution in [2.24, 2.45) is 0 Å². The molecule has 0 aromatic heterocycles. The average Bonchev–Trinajstić information content (AvgIpc) is 1.78. The van der Waals surface area contributed by atoms with E-state index in [4.69, 9.17) is 11.6 Å². The number of rotatable bonds is 0. The van der Waals surface area contributed by atoms with Crippen LogP contribution in [0.3, 0.4) is 0 Å². The molecule has 0 unspecified atom stereocenters. The van der Waals surface area contributed by atoms with Gasteiger partial charge in [0, 0.05) is 8.59 Å². The van der Waals surface area contributed by atoms with Gasteiger partial charge in [-0.25, -0.2) is 0 Å². The van der Waals surface area contributed by atoms with Crippen LogP contribution in [0.25, 0.3) is 0 Å². The predicted octanol–water partition coefficient (Wildman–Crippen LogP) is 4.27. The van der Waals surface area contributed by atoms with E-state index in [2.05, 4.69) is 0 Å². The topological polar surface area (TPSA) is 0 Å². The summed E-state index contributed by atoms with van der Waals surface area (Å²) in [7, 11) is 0. The number of halogens is 5. The maximum atomic E-state index is 12.4. The molecule has 0 amide bonds. The molecule has 5 heteroatoms. The van der Waals surface area contributed by atoms with Crippen molar-refractivity contribution in [1.29, 1.82) is 0 Å². The van der Waals surface area contributed by atoms with Crippen molar-refractivity contribution in [3.63, 3.8) is 0 Å². The molecule has 72 valence electrons. The molecule has 0 fully saturated rings. The summed E-state index contributed by atoms with van der Waals surface area (Å²) in [5.41, 5.74) is -0.443. The third kappa shape index (κ3) is 2.49.